The van der Waals surface area contributed by atoms with Crippen LogP contribution in [0.3, 0.4) is 0 Å². The van der Waals surface area contributed by atoms with Crippen molar-refractivity contribution in [2.45, 2.75) is 19.6 Å². The lowest BCUT2D eigenvalue weighted by molar-refractivity contribution is 0.369. The minimum Gasteiger partial charge on any atom is -0.408 e. The molecule has 1 fully saturated rings. The van der Waals surface area contributed by atoms with Crippen LogP contribution >= 0.6 is 0 Å². The Bertz CT molecular complexity index is 780. The SMILES string of the molecule is Cc1cccc(CS(=O)(=O)N2CCN(c3nnc(C)o3)CC2)c1. The summed E-state index contributed by atoms with van der Waals surface area (Å²) in [6, 6.07) is 8.06. The van der Waals surface area contributed by atoms with Crippen LogP contribution in [0, 0.1) is 13.8 Å². The molecule has 23 heavy (non-hydrogen) atoms. The highest BCUT2D eigenvalue weighted by Crippen LogP contribution is 2.18. The number of hydrogen-bond acceptors (Lipinski definition) is 6. The van der Waals surface area contributed by atoms with E-state index in [1.54, 1.807) is 6.92 Å². The molecule has 1 aromatic carbocycles. The molecular weight excluding hydrogens is 316 g/mol. The van der Waals surface area contributed by atoms with Gasteiger partial charge in [0.1, 0.15) is 0 Å². The maximum Gasteiger partial charge on any atom is 0.318 e. The van der Waals surface area contributed by atoms with Gasteiger partial charge in [0.25, 0.3) is 0 Å². The van der Waals surface area contributed by atoms with Crippen LogP contribution in [-0.2, 0) is 15.8 Å². The van der Waals surface area contributed by atoms with E-state index in [1.807, 2.05) is 36.1 Å². The molecule has 0 atom stereocenters. The Morgan fingerprint density at radius 3 is 2.48 bits per heavy atom. The standard InChI is InChI=1S/C15H20N4O3S/c1-12-4-3-5-14(10-12)11-23(20,21)19-8-6-18(7-9-19)15-17-16-13(2)22-15/h3-5,10H,6-9,11H2,1-2H3. The topological polar surface area (TPSA) is 79.5 Å². The van der Waals surface area contributed by atoms with Crippen LogP contribution in [0.15, 0.2) is 28.7 Å². The highest BCUT2D eigenvalue weighted by molar-refractivity contribution is 7.88. The third-order valence-electron chi connectivity index (χ3n) is 3.85. The molecule has 124 valence electrons. The predicted molar refractivity (Wildman–Crippen MR) is 86.6 cm³/mol. The largest absolute Gasteiger partial charge is 0.408 e. The molecule has 2 heterocycles. The summed E-state index contributed by atoms with van der Waals surface area (Å²) in [5.41, 5.74) is 1.88. The molecule has 1 aliphatic heterocycles. The molecule has 1 aromatic heterocycles. The van der Waals surface area contributed by atoms with Gasteiger partial charge in [-0.3, -0.25) is 0 Å². The molecular formula is C15H20N4O3S. The number of aromatic nitrogens is 2. The Morgan fingerprint density at radius 1 is 1.13 bits per heavy atom. The van der Waals surface area contributed by atoms with E-state index in [-0.39, 0.29) is 5.75 Å². The van der Waals surface area contributed by atoms with Gasteiger partial charge >= 0.3 is 6.01 Å². The zero-order chi connectivity index (χ0) is 16.4. The molecule has 0 bridgehead atoms. The van der Waals surface area contributed by atoms with E-state index >= 15 is 0 Å². The van der Waals surface area contributed by atoms with Gasteiger partial charge in [0.15, 0.2) is 0 Å². The first-order valence-electron chi connectivity index (χ1n) is 7.52. The molecule has 1 aliphatic rings. The average molecular weight is 336 g/mol. The fraction of sp³-hybridized carbons (Fsp3) is 0.467. The molecule has 0 spiro atoms. The van der Waals surface area contributed by atoms with Gasteiger partial charge < -0.3 is 9.32 Å². The van der Waals surface area contributed by atoms with Crippen molar-refractivity contribution >= 4 is 16.0 Å². The van der Waals surface area contributed by atoms with E-state index in [1.165, 1.54) is 4.31 Å². The fourth-order valence-corrected chi connectivity index (χ4v) is 4.18. The second-order valence-electron chi connectivity index (χ2n) is 5.74. The first kappa shape index (κ1) is 15.9. The number of anilines is 1. The summed E-state index contributed by atoms with van der Waals surface area (Å²) in [5, 5.41) is 7.78. The van der Waals surface area contributed by atoms with Gasteiger partial charge in [-0.05, 0) is 12.5 Å². The third kappa shape index (κ3) is 3.70. The van der Waals surface area contributed by atoms with Gasteiger partial charge in [-0.15, -0.1) is 5.10 Å². The van der Waals surface area contributed by atoms with Crippen LogP contribution < -0.4 is 4.90 Å². The van der Waals surface area contributed by atoms with Crippen LogP contribution in [0.1, 0.15) is 17.0 Å². The zero-order valence-electron chi connectivity index (χ0n) is 13.3. The van der Waals surface area contributed by atoms with E-state index in [0.29, 0.717) is 38.1 Å². The highest BCUT2D eigenvalue weighted by atomic mass is 32.2. The summed E-state index contributed by atoms with van der Waals surface area (Å²) in [5.74, 6) is 0.545. The Balaban J connectivity index is 1.64. The normalized spacial score (nSPS) is 16.7. The van der Waals surface area contributed by atoms with Gasteiger partial charge in [0.2, 0.25) is 15.9 Å². The Hall–Kier alpha value is -1.93. The minimum absolute atomic E-state index is 0.0361. The molecule has 3 rings (SSSR count). The zero-order valence-corrected chi connectivity index (χ0v) is 14.1. The molecule has 8 heteroatoms. The lowest BCUT2D eigenvalue weighted by Gasteiger charge is -2.32. The maximum atomic E-state index is 12.6. The summed E-state index contributed by atoms with van der Waals surface area (Å²) in [7, 11) is -3.31. The van der Waals surface area contributed by atoms with Crippen molar-refractivity contribution < 1.29 is 12.8 Å². The van der Waals surface area contributed by atoms with Crippen molar-refractivity contribution in [2.24, 2.45) is 0 Å². The first-order chi connectivity index (χ1) is 10.9. The second-order valence-corrected chi connectivity index (χ2v) is 7.70. The number of piperazine rings is 1. The number of nitrogens with zero attached hydrogens (tertiary/aromatic N) is 4. The van der Waals surface area contributed by atoms with Crippen molar-refractivity contribution in [2.75, 3.05) is 31.1 Å². The monoisotopic (exact) mass is 336 g/mol. The molecule has 1 saturated heterocycles. The van der Waals surface area contributed by atoms with Gasteiger partial charge in [-0.1, -0.05) is 34.9 Å². The Morgan fingerprint density at radius 2 is 1.87 bits per heavy atom. The van der Waals surface area contributed by atoms with Gasteiger partial charge in [0.05, 0.1) is 5.75 Å². The maximum absolute atomic E-state index is 12.6. The van der Waals surface area contributed by atoms with E-state index < -0.39 is 10.0 Å². The van der Waals surface area contributed by atoms with Crippen molar-refractivity contribution in [1.29, 1.82) is 0 Å². The lowest BCUT2D eigenvalue weighted by Crippen LogP contribution is -2.49. The molecule has 0 saturated carbocycles. The van der Waals surface area contributed by atoms with Crippen LogP contribution in [0.4, 0.5) is 6.01 Å². The van der Waals surface area contributed by atoms with Crippen molar-refractivity contribution in [3.63, 3.8) is 0 Å². The minimum atomic E-state index is -3.31. The first-order valence-corrected chi connectivity index (χ1v) is 9.13. The summed E-state index contributed by atoms with van der Waals surface area (Å²) < 4.78 is 32.1. The molecule has 2 aromatic rings. The van der Waals surface area contributed by atoms with Crippen LogP contribution in [0.5, 0.6) is 0 Å². The van der Waals surface area contributed by atoms with Gasteiger partial charge in [-0.2, -0.15) is 4.31 Å². The molecule has 7 nitrogen and oxygen atoms in total. The quantitative estimate of drug-likeness (QED) is 0.838. The van der Waals surface area contributed by atoms with Crippen LogP contribution in [0.2, 0.25) is 0 Å². The van der Waals surface area contributed by atoms with E-state index in [2.05, 4.69) is 10.2 Å². The average Bonchev–Trinajstić information content (AvgIpc) is 2.93. The summed E-state index contributed by atoms with van der Waals surface area (Å²) >= 11 is 0. The predicted octanol–water partition coefficient (Wildman–Crippen LogP) is 1.34. The van der Waals surface area contributed by atoms with Gasteiger partial charge in [0, 0.05) is 33.1 Å². The summed E-state index contributed by atoms with van der Waals surface area (Å²) in [6.45, 7) is 5.65. The molecule has 0 amide bonds. The summed E-state index contributed by atoms with van der Waals surface area (Å²) in [4.78, 5) is 1.92. The Labute approximate surface area is 136 Å². The van der Waals surface area contributed by atoms with E-state index in [4.69, 9.17) is 4.42 Å². The summed E-state index contributed by atoms with van der Waals surface area (Å²) in [6.07, 6.45) is 0. The van der Waals surface area contributed by atoms with Crippen molar-refractivity contribution in [3.8, 4) is 0 Å². The number of sulfonamides is 1. The number of benzene rings is 1. The second kappa shape index (κ2) is 6.29. The molecule has 0 radical (unpaired) electrons. The Kier molecular flexibility index (Phi) is 4.36. The van der Waals surface area contributed by atoms with Crippen molar-refractivity contribution in [1.82, 2.24) is 14.5 Å². The van der Waals surface area contributed by atoms with Crippen LogP contribution in [0.25, 0.3) is 0 Å². The molecule has 0 unspecified atom stereocenters. The lowest BCUT2D eigenvalue weighted by atomic mass is 10.2. The highest BCUT2D eigenvalue weighted by Gasteiger charge is 2.28. The van der Waals surface area contributed by atoms with Crippen molar-refractivity contribution in [3.05, 3.63) is 41.3 Å². The van der Waals surface area contributed by atoms with E-state index in [0.717, 1.165) is 11.1 Å². The number of hydrogen-bond donors (Lipinski definition) is 0. The molecule has 0 N–H and O–H groups in total. The number of aryl methyl sites for hydroxylation is 2. The smallest absolute Gasteiger partial charge is 0.318 e. The number of rotatable bonds is 4. The van der Waals surface area contributed by atoms with E-state index in [9.17, 15) is 8.42 Å². The van der Waals surface area contributed by atoms with Crippen LogP contribution in [-0.4, -0.2) is 49.1 Å². The molecule has 0 aliphatic carbocycles. The van der Waals surface area contributed by atoms with Gasteiger partial charge in [-0.25, -0.2) is 8.42 Å². The third-order valence-corrected chi connectivity index (χ3v) is 5.70. The fourth-order valence-electron chi connectivity index (χ4n) is 2.68.